The quantitative estimate of drug-likeness (QED) is 0.810. The van der Waals surface area contributed by atoms with Crippen LogP contribution in [0.5, 0.6) is 0 Å². The van der Waals surface area contributed by atoms with E-state index in [2.05, 4.69) is 20.6 Å². The van der Waals surface area contributed by atoms with Crippen LogP contribution in [0.15, 0.2) is 36.7 Å². The molecule has 1 aromatic carbocycles. The van der Waals surface area contributed by atoms with Gasteiger partial charge in [0.2, 0.25) is 0 Å². The van der Waals surface area contributed by atoms with Gasteiger partial charge in [-0.05, 0) is 37.1 Å². The maximum atomic E-state index is 12.4. The van der Waals surface area contributed by atoms with Gasteiger partial charge in [0.1, 0.15) is 17.8 Å². The minimum Gasteiger partial charge on any atom is -0.348 e. The van der Waals surface area contributed by atoms with E-state index in [1.807, 2.05) is 12.1 Å². The van der Waals surface area contributed by atoms with Crippen molar-refractivity contribution in [1.29, 1.82) is 0 Å². The molecule has 1 aliphatic carbocycles. The van der Waals surface area contributed by atoms with Gasteiger partial charge in [-0.2, -0.15) is 0 Å². The maximum Gasteiger partial charge on any atom is 0.270 e. The van der Waals surface area contributed by atoms with E-state index in [4.69, 9.17) is 11.6 Å². The molecule has 0 saturated heterocycles. The first-order valence-corrected chi connectivity index (χ1v) is 8.74. The van der Waals surface area contributed by atoms with Crippen LogP contribution in [0.25, 0.3) is 0 Å². The first-order chi connectivity index (χ1) is 11.7. The second kappa shape index (κ2) is 8.11. The summed E-state index contributed by atoms with van der Waals surface area (Å²) in [6.07, 6.45) is 8.37. The van der Waals surface area contributed by atoms with Crippen LogP contribution in [-0.2, 0) is 0 Å². The summed E-state index contributed by atoms with van der Waals surface area (Å²) in [5.74, 6) is 0.446. The van der Waals surface area contributed by atoms with Gasteiger partial charge in [-0.25, -0.2) is 9.97 Å². The number of nitrogens with zero attached hydrogens (tertiary/aromatic N) is 2. The monoisotopic (exact) mass is 344 g/mol. The molecule has 0 spiro atoms. The summed E-state index contributed by atoms with van der Waals surface area (Å²) < 4.78 is 0. The second-order valence-electron chi connectivity index (χ2n) is 6.08. The molecule has 3 rings (SSSR count). The third-order valence-corrected chi connectivity index (χ3v) is 4.46. The van der Waals surface area contributed by atoms with Crippen molar-refractivity contribution in [3.8, 4) is 0 Å². The molecule has 1 amide bonds. The number of carbonyl (C=O) groups is 1. The van der Waals surface area contributed by atoms with Crippen LogP contribution < -0.4 is 10.6 Å². The Morgan fingerprint density at radius 3 is 2.46 bits per heavy atom. The Morgan fingerprint density at radius 2 is 1.75 bits per heavy atom. The fourth-order valence-corrected chi connectivity index (χ4v) is 3.04. The van der Waals surface area contributed by atoms with Gasteiger partial charge < -0.3 is 10.6 Å². The van der Waals surface area contributed by atoms with Crippen molar-refractivity contribution in [2.45, 2.75) is 44.6 Å². The SMILES string of the molecule is O=C(NC1CCCCCC1)c1cc(Nc2ccc(Cl)cc2)ncn1. The van der Waals surface area contributed by atoms with Gasteiger partial charge in [0, 0.05) is 22.8 Å². The number of hydrogen-bond donors (Lipinski definition) is 2. The number of nitrogens with one attached hydrogen (secondary N) is 2. The van der Waals surface area contributed by atoms with Gasteiger partial charge in [0.15, 0.2) is 0 Å². The summed E-state index contributed by atoms with van der Waals surface area (Å²) >= 11 is 5.88. The molecule has 0 radical (unpaired) electrons. The second-order valence-corrected chi connectivity index (χ2v) is 6.52. The molecule has 1 fully saturated rings. The fraction of sp³-hybridized carbons (Fsp3) is 0.389. The summed E-state index contributed by atoms with van der Waals surface area (Å²) in [7, 11) is 0. The third-order valence-electron chi connectivity index (χ3n) is 4.21. The lowest BCUT2D eigenvalue weighted by molar-refractivity contribution is 0.0928. The molecule has 0 atom stereocenters. The number of anilines is 2. The largest absolute Gasteiger partial charge is 0.348 e. The van der Waals surface area contributed by atoms with Crippen molar-refractivity contribution in [3.63, 3.8) is 0 Å². The molecular formula is C18H21ClN4O. The van der Waals surface area contributed by atoms with Crippen molar-refractivity contribution < 1.29 is 4.79 Å². The van der Waals surface area contributed by atoms with Gasteiger partial charge in [0.25, 0.3) is 5.91 Å². The van der Waals surface area contributed by atoms with Crippen LogP contribution in [0.4, 0.5) is 11.5 Å². The van der Waals surface area contributed by atoms with E-state index in [1.165, 1.54) is 32.0 Å². The molecule has 0 aliphatic heterocycles. The van der Waals surface area contributed by atoms with Crippen LogP contribution in [-0.4, -0.2) is 21.9 Å². The minimum absolute atomic E-state index is 0.136. The molecule has 24 heavy (non-hydrogen) atoms. The molecule has 5 nitrogen and oxygen atoms in total. The number of hydrogen-bond acceptors (Lipinski definition) is 4. The maximum absolute atomic E-state index is 12.4. The zero-order valence-electron chi connectivity index (χ0n) is 13.5. The van der Waals surface area contributed by atoms with Crippen molar-refractivity contribution >= 4 is 29.0 Å². The molecule has 1 aliphatic rings. The zero-order valence-corrected chi connectivity index (χ0v) is 14.2. The predicted octanol–water partition coefficient (Wildman–Crippen LogP) is 4.33. The van der Waals surface area contributed by atoms with Crippen LogP contribution in [0.2, 0.25) is 5.02 Å². The smallest absolute Gasteiger partial charge is 0.270 e. The Labute approximate surface area is 146 Å². The van der Waals surface area contributed by atoms with E-state index in [0.29, 0.717) is 16.5 Å². The molecule has 1 heterocycles. The van der Waals surface area contributed by atoms with Gasteiger partial charge in [-0.1, -0.05) is 37.3 Å². The Balaban J connectivity index is 1.65. The molecule has 6 heteroatoms. The highest BCUT2D eigenvalue weighted by Gasteiger charge is 2.17. The molecule has 2 N–H and O–H groups in total. The number of rotatable bonds is 4. The van der Waals surface area contributed by atoms with Crippen LogP contribution in [0.1, 0.15) is 49.0 Å². The number of carbonyl (C=O) groups excluding carboxylic acids is 1. The third kappa shape index (κ3) is 4.68. The van der Waals surface area contributed by atoms with Crippen molar-refractivity contribution in [2.75, 3.05) is 5.32 Å². The standard InChI is InChI=1S/C18H21ClN4O/c19-13-7-9-15(10-8-13)22-17-11-16(20-12-21-17)18(24)23-14-5-3-1-2-4-6-14/h7-12,14H,1-6H2,(H,23,24)(H,20,21,22). The van der Waals surface area contributed by atoms with Crippen LogP contribution in [0, 0.1) is 0 Å². The first kappa shape index (κ1) is 16.7. The average molecular weight is 345 g/mol. The lowest BCUT2D eigenvalue weighted by atomic mass is 10.1. The Hall–Kier alpha value is -2.14. The Kier molecular flexibility index (Phi) is 5.64. The lowest BCUT2D eigenvalue weighted by Gasteiger charge is -2.16. The van der Waals surface area contributed by atoms with Crippen LogP contribution in [0.3, 0.4) is 0 Å². The predicted molar refractivity (Wildman–Crippen MR) is 95.7 cm³/mol. The highest BCUT2D eigenvalue weighted by Crippen LogP contribution is 2.19. The highest BCUT2D eigenvalue weighted by molar-refractivity contribution is 6.30. The Bertz CT molecular complexity index is 682. The molecular weight excluding hydrogens is 324 g/mol. The van der Waals surface area contributed by atoms with E-state index in [0.717, 1.165) is 18.5 Å². The average Bonchev–Trinajstić information content (AvgIpc) is 2.86. The van der Waals surface area contributed by atoms with E-state index >= 15 is 0 Å². The summed E-state index contributed by atoms with van der Waals surface area (Å²) in [6, 6.07) is 9.23. The summed E-state index contributed by atoms with van der Waals surface area (Å²) in [5.41, 5.74) is 1.24. The van der Waals surface area contributed by atoms with Crippen molar-refractivity contribution in [2.24, 2.45) is 0 Å². The van der Waals surface area contributed by atoms with Gasteiger partial charge in [-0.3, -0.25) is 4.79 Å². The zero-order chi connectivity index (χ0) is 16.8. The summed E-state index contributed by atoms with van der Waals surface area (Å²) in [4.78, 5) is 20.7. The van der Waals surface area contributed by atoms with E-state index in [-0.39, 0.29) is 11.9 Å². The molecule has 1 saturated carbocycles. The Morgan fingerprint density at radius 1 is 1.04 bits per heavy atom. The molecule has 0 unspecified atom stereocenters. The van der Waals surface area contributed by atoms with Crippen LogP contribution >= 0.6 is 11.6 Å². The van der Waals surface area contributed by atoms with Gasteiger partial charge >= 0.3 is 0 Å². The van der Waals surface area contributed by atoms with E-state index in [9.17, 15) is 4.79 Å². The normalized spacial score (nSPS) is 15.5. The van der Waals surface area contributed by atoms with Crippen molar-refractivity contribution in [3.05, 3.63) is 47.4 Å². The number of amides is 1. The number of halogens is 1. The van der Waals surface area contributed by atoms with Gasteiger partial charge in [-0.15, -0.1) is 0 Å². The topological polar surface area (TPSA) is 66.9 Å². The summed E-state index contributed by atoms with van der Waals surface area (Å²) in [6.45, 7) is 0. The number of aromatic nitrogens is 2. The highest BCUT2D eigenvalue weighted by atomic mass is 35.5. The van der Waals surface area contributed by atoms with E-state index in [1.54, 1.807) is 18.2 Å². The van der Waals surface area contributed by atoms with Crippen molar-refractivity contribution in [1.82, 2.24) is 15.3 Å². The fourth-order valence-electron chi connectivity index (χ4n) is 2.91. The van der Waals surface area contributed by atoms with Gasteiger partial charge in [0.05, 0.1) is 0 Å². The lowest BCUT2D eigenvalue weighted by Crippen LogP contribution is -2.34. The first-order valence-electron chi connectivity index (χ1n) is 8.36. The minimum atomic E-state index is -0.136. The molecule has 1 aromatic heterocycles. The molecule has 2 aromatic rings. The summed E-state index contributed by atoms with van der Waals surface area (Å²) in [5, 5.41) is 6.92. The molecule has 126 valence electrons. The van der Waals surface area contributed by atoms with E-state index < -0.39 is 0 Å². The molecule has 0 bridgehead atoms. The number of benzene rings is 1.